The molecule has 2 N–H and O–H groups in total. The van der Waals surface area contributed by atoms with Crippen LogP contribution in [0.5, 0.6) is 0 Å². The average molecular weight is 132 g/mol. The molecule has 0 aromatic rings. The van der Waals surface area contributed by atoms with Gasteiger partial charge >= 0.3 is 0 Å². The summed E-state index contributed by atoms with van der Waals surface area (Å²) >= 11 is 0. The molecular weight excluding hydrogens is 120 g/mol. The Kier molecular flexibility index (Phi) is 3.16. The van der Waals surface area contributed by atoms with Crippen LogP contribution in [0.4, 0.5) is 0 Å². The number of nitrogens with zero attached hydrogens (tertiary/aromatic N) is 1. The van der Waals surface area contributed by atoms with E-state index >= 15 is 0 Å². The van der Waals surface area contributed by atoms with Crippen molar-refractivity contribution in [3.63, 3.8) is 0 Å². The second-order valence-electron chi connectivity index (χ2n) is 2.12. The Hall–Kier alpha value is -0.640. The highest BCUT2D eigenvalue weighted by Gasteiger charge is 2.21. The van der Waals surface area contributed by atoms with Crippen LogP contribution >= 0.6 is 0 Å². The molecule has 0 spiro atoms. The minimum atomic E-state index is -0.579. The summed E-state index contributed by atoms with van der Waals surface area (Å²) in [4.78, 5) is 9.77. The van der Waals surface area contributed by atoms with Gasteiger partial charge in [-0.15, -0.1) is 0 Å². The predicted octanol–water partition coefficient (Wildman–Crippen LogP) is 0.389. The maximum Gasteiger partial charge on any atom is 0.227 e. The third-order valence-electron chi connectivity index (χ3n) is 1.30. The molecule has 2 atom stereocenters. The fraction of sp³-hybridized carbons (Fsp3) is 1.00. The molecule has 54 valence electrons. The molecule has 0 rings (SSSR count). The van der Waals surface area contributed by atoms with Crippen molar-refractivity contribution in [2.45, 2.75) is 32.4 Å². The van der Waals surface area contributed by atoms with Crippen molar-refractivity contribution in [2.24, 2.45) is 5.73 Å². The van der Waals surface area contributed by atoms with Crippen LogP contribution < -0.4 is 5.73 Å². The van der Waals surface area contributed by atoms with Crippen LogP contribution in [-0.4, -0.2) is 17.0 Å². The highest BCUT2D eigenvalue weighted by molar-refractivity contribution is 4.64. The molecule has 0 aromatic heterocycles. The van der Waals surface area contributed by atoms with Gasteiger partial charge < -0.3 is 5.73 Å². The molecule has 0 heterocycles. The zero-order valence-corrected chi connectivity index (χ0v) is 5.70. The van der Waals surface area contributed by atoms with Crippen LogP contribution in [-0.2, 0) is 0 Å². The Morgan fingerprint density at radius 2 is 2.22 bits per heavy atom. The van der Waals surface area contributed by atoms with Gasteiger partial charge in [0.15, 0.2) is 0 Å². The van der Waals surface area contributed by atoms with Gasteiger partial charge in [0.05, 0.1) is 6.04 Å². The first kappa shape index (κ1) is 8.36. The Morgan fingerprint density at radius 1 is 1.78 bits per heavy atom. The second kappa shape index (κ2) is 3.40. The smallest absolute Gasteiger partial charge is 0.227 e. The standard InChI is InChI=1S/C5H12N2O2/c1-3-5(4(2)6)7(8)9/h4-5H,3,6H2,1-2H3/t4?,5-/m0/s1. The Labute approximate surface area is 54.2 Å². The van der Waals surface area contributed by atoms with Crippen molar-refractivity contribution in [1.82, 2.24) is 0 Å². The maximum atomic E-state index is 10.1. The van der Waals surface area contributed by atoms with E-state index in [2.05, 4.69) is 0 Å². The second-order valence-corrected chi connectivity index (χ2v) is 2.12. The summed E-state index contributed by atoms with van der Waals surface area (Å²) in [6, 6.07) is -0.921. The van der Waals surface area contributed by atoms with Crippen molar-refractivity contribution in [3.8, 4) is 0 Å². The molecule has 0 aliphatic carbocycles. The number of hydrogen-bond donors (Lipinski definition) is 1. The molecule has 4 nitrogen and oxygen atoms in total. The summed E-state index contributed by atoms with van der Waals surface area (Å²) in [5.41, 5.74) is 5.31. The maximum absolute atomic E-state index is 10.1. The van der Waals surface area contributed by atoms with Crippen LogP contribution in [0.2, 0.25) is 0 Å². The molecule has 9 heavy (non-hydrogen) atoms. The van der Waals surface area contributed by atoms with E-state index in [1.54, 1.807) is 13.8 Å². The van der Waals surface area contributed by atoms with Gasteiger partial charge in [-0.2, -0.15) is 0 Å². The van der Waals surface area contributed by atoms with E-state index in [9.17, 15) is 10.1 Å². The van der Waals surface area contributed by atoms with Crippen LogP contribution in [0, 0.1) is 10.1 Å². The fourth-order valence-corrected chi connectivity index (χ4v) is 0.713. The van der Waals surface area contributed by atoms with Crippen molar-refractivity contribution in [3.05, 3.63) is 10.1 Å². The molecule has 0 aliphatic heterocycles. The molecule has 1 unspecified atom stereocenters. The molecule has 0 aliphatic rings. The quantitative estimate of drug-likeness (QED) is 0.446. The van der Waals surface area contributed by atoms with Gasteiger partial charge in [-0.25, -0.2) is 0 Å². The van der Waals surface area contributed by atoms with Crippen molar-refractivity contribution < 1.29 is 4.92 Å². The molecule has 0 bridgehead atoms. The molecular formula is C5H12N2O2. The number of hydrogen-bond acceptors (Lipinski definition) is 3. The van der Waals surface area contributed by atoms with E-state index in [0.29, 0.717) is 6.42 Å². The lowest BCUT2D eigenvalue weighted by Gasteiger charge is -2.08. The number of nitrogens with two attached hydrogens (primary N) is 1. The molecule has 0 radical (unpaired) electrons. The SMILES string of the molecule is CC[C@@H](C(C)N)[N+](=O)[O-]. The lowest BCUT2D eigenvalue weighted by atomic mass is 10.1. The van der Waals surface area contributed by atoms with Gasteiger partial charge in [0, 0.05) is 11.3 Å². The van der Waals surface area contributed by atoms with Gasteiger partial charge in [0.25, 0.3) is 0 Å². The molecule has 0 amide bonds. The number of rotatable bonds is 3. The third kappa shape index (κ3) is 2.41. The molecule has 0 fully saturated rings. The Bertz CT molecular complexity index is 103. The van der Waals surface area contributed by atoms with Crippen LogP contribution in [0.25, 0.3) is 0 Å². The van der Waals surface area contributed by atoms with E-state index in [1.807, 2.05) is 0 Å². The minimum Gasteiger partial charge on any atom is -0.322 e. The van der Waals surface area contributed by atoms with Gasteiger partial charge in [0.1, 0.15) is 0 Å². The topological polar surface area (TPSA) is 69.2 Å². The summed E-state index contributed by atoms with van der Waals surface area (Å²) in [6.45, 7) is 3.41. The summed E-state index contributed by atoms with van der Waals surface area (Å²) < 4.78 is 0. The first-order valence-electron chi connectivity index (χ1n) is 2.98. The van der Waals surface area contributed by atoms with Crippen molar-refractivity contribution in [2.75, 3.05) is 0 Å². The van der Waals surface area contributed by atoms with Crippen molar-refractivity contribution >= 4 is 0 Å². The normalized spacial score (nSPS) is 16.8. The Morgan fingerprint density at radius 3 is 2.22 bits per heavy atom. The number of nitro groups is 1. The zero-order valence-electron chi connectivity index (χ0n) is 5.70. The molecule has 0 aromatic carbocycles. The van der Waals surface area contributed by atoms with E-state index in [1.165, 1.54) is 0 Å². The van der Waals surface area contributed by atoms with Gasteiger partial charge in [-0.1, -0.05) is 6.92 Å². The summed E-state index contributed by atoms with van der Waals surface area (Å²) in [6.07, 6.45) is 0.505. The Balaban J connectivity index is 3.83. The van der Waals surface area contributed by atoms with Crippen LogP contribution in [0.1, 0.15) is 20.3 Å². The highest BCUT2D eigenvalue weighted by atomic mass is 16.6. The van der Waals surface area contributed by atoms with Gasteiger partial charge in [-0.05, 0) is 6.92 Å². The first-order chi connectivity index (χ1) is 4.09. The first-order valence-corrected chi connectivity index (χ1v) is 2.98. The van der Waals surface area contributed by atoms with Crippen molar-refractivity contribution in [1.29, 1.82) is 0 Å². The largest absolute Gasteiger partial charge is 0.322 e. The lowest BCUT2D eigenvalue weighted by Crippen LogP contribution is -2.37. The monoisotopic (exact) mass is 132 g/mol. The summed E-state index contributed by atoms with van der Waals surface area (Å²) in [7, 11) is 0. The average Bonchev–Trinajstić information content (AvgIpc) is 1.64. The fourth-order valence-electron chi connectivity index (χ4n) is 0.713. The zero-order chi connectivity index (χ0) is 7.44. The minimum absolute atomic E-state index is 0.329. The highest BCUT2D eigenvalue weighted by Crippen LogP contribution is 1.98. The van der Waals surface area contributed by atoms with Crippen LogP contribution in [0.15, 0.2) is 0 Å². The molecule has 4 heteroatoms. The molecule has 0 saturated carbocycles. The predicted molar refractivity (Wildman–Crippen MR) is 34.7 cm³/mol. The van der Waals surface area contributed by atoms with E-state index < -0.39 is 6.04 Å². The summed E-state index contributed by atoms with van der Waals surface area (Å²) in [5, 5.41) is 10.1. The van der Waals surface area contributed by atoms with Gasteiger partial charge in [0.2, 0.25) is 6.04 Å². The lowest BCUT2D eigenvalue weighted by molar-refractivity contribution is -0.525. The van der Waals surface area contributed by atoms with Gasteiger partial charge in [-0.3, -0.25) is 10.1 Å². The third-order valence-corrected chi connectivity index (χ3v) is 1.30. The van der Waals surface area contributed by atoms with E-state index in [-0.39, 0.29) is 11.0 Å². The molecule has 0 saturated heterocycles. The summed E-state index contributed by atoms with van der Waals surface area (Å²) in [5.74, 6) is 0. The van der Waals surface area contributed by atoms with Crippen LogP contribution in [0.3, 0.4) is 0 Å². The van der Waals surface area contributed by atoms with E-state index in [0.717, 1.165) is 0 Å². The van der Waals surface area contributed by atoms with E-state index in [4.69, 9.17) is 5.73 Å².